The third kappa shape index (κ3) is 5.67. The molecule has 9 heteroatoms. The topological polar surface area (TPSA) is 73.9 Å². The molecule has 0 aliphatic carbocycles. The Bertz CT molecular complexity index is 888. The summed E-state index contributed by atoms with van der Waals surface area (Å²) >= 11 is 17.8. The number of carbonyl (C=O) groups excluding carboxylic acids is 2. The van der Waals surface area contributed by atoms with Crippen molar-refractivity contribution >= 4 is 52.4 Å². The highest BCUT2D eigenvalue weighted by Crippen LogP contribution is 2.32. The summed E-state index contributed by atoms with van der Waals surface area (Å²) in [6, 6.07) is 7.88. The van der Waals surface area contributed by atoms with Crippen molar-refractivity contribution in [3.8, 4) is 11.5 Å². The smallest absolute Gasteiger partial charge is 0.311 e. The Morgan fingerprint density at radius 2 is 1.68 bits per heavy atom. The largest absolute Gasteiger partial charge is 0.497 e. The van der Waals surface area contributed by atoms with Crippen molar-refractivity contribution < 1.29 is 23.8 Å². The first-order valence-corrected chi connectivity index (χ1v) is 9.24. The van der Waals surface area contributed by atoms with E-state index in [0.717, 1.165) is 0 Å². The van der Waals surface area contributed by atoms with Crippen molar-refractivity contribution in [3.63, 3.8) is 0 Å². The molecule has 150 valence electrons. The van der Waals surface area contributed by atoms with E-state index in [1.165, 1.54) is 33.3 Å². The molecule has 0 bridgehead atoms. The van der Waals surface area contributed by atoms with Gasteiger partial charge in [-0.1, -0.05) is 40.9 Å². The zero-order chi connectivity index (χ0) is 20.8. The summed E-state index contributed by atoms with van der Waals surface area (Å²) in [5.41, 5.74) is 0.870. The number of benzene rings is 2. The molecule has 0 heterocycles. The molecule has 1 unspecified atom stereocenters. The minimum absolute atomic E-state index is 0.0711. The van der Waals surface area contributed by atoms with Gasteiger partial charge in [-0.2, -0.15) is 0 Å². The molecule has 2 rings (SSSR count). The molecule has 6 nitrogen and oxygen atoms in total. The average Bonchev–Trinajstić information content (AvgIpc) is 2.66. The van der Waals surface area contributed by atoms with Gasteiger partial charge in [0.05, 0.1) is 41.4 Å². The zero-order valence-electron chi connectivity index (χ0n) is 15.3. The summed E-state index contributed by atoms with van der Waals surface area (Å²) < 4.78 is 15.6. The lowest BCUT2D eigenvalue weighted by molar-refractivity contribution is -0.152. The molecule has 0 saturated carbocycles. The molecule has 0 aromatic heterocycles. The van der Waals surface area contributed by atoms with E-state index in [9.17, 15) is 9.59 Å². The van der Waals surface area contributed by atoms with E-state index in [-0.39, 0.29) is 27.2 Å². The fourth-order valence-corrected chi connectivity index (χ4v) is 2.89. The maximum Gasteiger partial charge on any atom is 0.311 e. The Morgan fingerprint density at radius 3 is 2.32 bits per heavy atom. The molecule has 1 N–H and O–H groups in total. The Labute approximate surface area is 177 Å². The van der Waals surface area contributed by atoms with E-state index in [0.29, 0.717) is 17.1 Å². The lowest BCUT2D eigenvalue weighted by atomic mass is 10.1. The number of methoxy groups -OCH3 is 2. The number of ether oxygens (including phenoxy) is 3. The third-order valence-corrected chi connectivity index (χ3v) is 4.81. The second-order valence-corrected chi connectivity index (χ2v) is 6.94. The van der Waals surface area contributed by atoms with Crippen LogP contribution in [0.5, 0.6) is 11.5 Å². The summed E-state index contributed by atoms with van der Waals surface area (Å²) in [5, 5.41) is 3.26. The molecule has 0 aliphatic heterocycles. The Hall–Kier alpha value is -2.15. The molecule has 2 aromatic rings. The molecule has 0 fully saturated rings. The number of rotatable bonds is 7. The molecule has 0 saturated heterocycles. The van der Waals surface area contributed by atoms with E-state index in [1.807, 2.05) is 0 Å². The predicted octanol–water partition coefficient (Wildman–Crippen LogP) is 4.78. The van der Waals surface area contributed by atoms with Gasteiger partial charge >= 0.3 is 5.97 Å². The van der Waals surface area contributed by atoms with Gasteiger partial charge in [0.15, 0.2) is 6.10 Å². The van der Waals surface area contributed by atoms with Crippen LogP contribution < -0.4 is 14.8 Å². The Kier molecular flexibility index (Phi) is 7.80. The first-order chi connectivity index (χ1) is 13.2. The van der Waals surface area contributed by atoms with Crippen LogP contribution in [0.15, 0.2) is 30.3 Å². The molecular weight excluding hydrogens is 429 g/mol. The van der Waals surface area contributed by atoms with Gasteiger partial charge in [0.1, 0.15) is 11.5 Å². The van der Waals surface area contributed by atoms with Gasteiger partial charge in [-0.05, 0) is 25.1 Å². The van der Waals surface area contributed by atoms with Crippen LogP contribution in [0.1, 0.15) is 12.5 Å². The van der Waals surface area contributed by atoms with Gasteiger partial charge < -0.3 is 19.5 Å². The second kappa shape index (κ2) is 9.87. The average molecular weight is 447 g/mol. The van der Waals surface area contributed by atoms with E-state index in [2.05, 4.69) is 5.32 Å². The quantitative estimate of drug-likeness (QED) is 0.489. The molecule has 28 heavy (non-hydrogen) atoms. The van der Waals surface area contributed by atoms with Gasteiger partial charge in [0.2, 0.25) is 0 Å². The second-order valence-electron chi connectivity index (χ2n) is 5.72. The van der Waals surface area contributed by atoms with Gasteiger partial charge in [0.25, 0.3) is 5.91 Å². The van der Waals surface area contributed by atoms with Gasteiger partial charge in [-0.3, -0.25) is 9.59 Å². The van der Waals surface area contributed by atoms with Crippen molar-refractivity contribution in [2.45, 2.75) is 19.4 Å². The van der Waals surface area contributed by atoms with Crippen molar-refractivity contribution in [2.75, 3.05) is 19.5 Å². The van der Waals surface area contributed by atoms with Crippen LogP contribution in [-0.4, -0.2) is 32.2 Å². The number of hydrogen-bond donors (Lipinski definition) is 1. The van der Waals surface area contributed by atoms with Crippen molar-refractivity contribution in [2.24, 2.45) is 0 Å². The van der Waals surface area contributed by atoms with Crippen molar-refractivity contribution in [1.82, 2.24) is 0 Å². The highest BCUT2D eigenvalue weighted by molar-refractivity contribution is 6.44. The molecule has 1 amide bonds. The zero-order valence-corrected chi connectivity index (χ0v) is 17.6. The Morgan fingerprint density at radius 1 is 1.00 bits per heavy atom. The number of hydrogen-bond acceptors (Lipinski definition) is 5. The molecule has 0 spiro atoms. The highest BCUT2D eigenvalue weighted by atomic mass is 35.5. The van der Waals surface area contributed by atoms with Crippen LogP contribution >= 0.6 is 34.8 Å². The van der Waals surface area contributed by atoms with Crippen LogP contribution in [0.3, 0.4) is 0 Å². The maximum atomic E-state index is 12.3. The summed E-state index contributed by atoms with van der Waals surface area (Å²) in [4.78, 5) is 24.5. The summed E-state index contributed by atoms with van der Waals surface area (Å²) in [6.45, 7) is 1.45. The van der Waals surface area contributed by atoms with Crippen LogP contribution in [-0.2, 0) is 20.7 Å². The van der Waals surface area contributed by atoms with Crippen LogP contribution in [0, 0.1) is 0 Å². The number of halogens is 3. The number of amides is 1. The number of carbonyl (C=O) groups is 2. The van der Waals surface area contributed by atoms with E-state index >= 15 is 0 Å². The summed E-state index contributed by atoms with van der Waals surface area (Å²) in [5.74, 6) is -0.0714. The van der Waals surface area contributed by atoms with Gasteiger partial charge in [-0.15, -0.1) is 0 Å². The van der Waals surface area contributed by atoms with E-state index in [1.54, 1.807) is 18.2 Å². The number of nitrogens with one attached hydrogen (secondary N) is 1. The fourth-order valence-electron chi connectivity index (χ4n) is 2.30. The number of esters is 1. The number of anilines is 1. The maximum absolute atomic E-state index is 12.3. The first-order valence-electron chi connectivity index (χ1n) is 8.11. The highest BCUT2D eigenvalue weighted by Gasteiger charge is 2.20. The molecule has 0 radical (unpaired) electrons. The van der Waals surface area contributed by atoms with Crippen molar-refractivity contribution in [1.29, 1.82) is 0 Å². The molecule has 1 atom stereocenters. The lowest BCUT2D eigenvalue weighted by Gasteiger charge is -2.15. The molecule has 2 aromatic carbocycles. The van der Waals surface area contributed by atoms with Crippen molar-refractivity contribution in [3.05, 3.63) is 51.0 Å². The summed E-state index contributed by atoms with van der Waals surface area (Å²) in [7, 11) is 3.02. The minimum Gasteiger partial charge on any atom is -0.497 e. The monoisotopic (exact) mass is 445 g/mol. The van der Waals surface area contributed by atoms with E-state index in [4.69, 9.17) is 49.0 Å². The Balaban J connectivity index is 2.00. The lowest BCUT2D eigenvalue weighted by Crippen LogP contribution is -2.30. The SMILES string of the molecule is COc1ccc(CC(=O)OC(C)C(=O)Nc2cc(Cl)c(Cl)cc2Cl)c(OC)c1. The third-order valence-electron chi connectivity index (χ3n) is 3.77. The predicted molar refractivity (Wildman–Crippen MR) is 109 cm³/mol. The van der Waals surface area contributed by atoms with Crippen LogP contribution in [0.2, 0.25) is 15.1 Å². The minimum atomic E-state index is -1.05. The standard InChI is InChI=1S/C19H18Cl3NO5/c1-10(19(25)23-16-9-14(21)13(20)8-15(16)22)28-18(24)6-11-4-5-12(26-2)7-17(11)27-3/h4-5,7-10H,6H2,1-3H3,(H,23,25). The van der Waals surface area contributed by atoms with E-state index < -0.39 is 18.0 Å². The first kappa shape index (κ1) is 22.1. The fraction of sp³-hybridized carbons (Fsp3) is 0.263. The van der Waals surface area contributed by atoms with Gasteiger partial charge in [-0.25, -0.2) is 0 Å². The molecule has 0 aliphatic rings. The van der Waals surface area contributed by atoms with Crippen LogP contribution in [0.25, 0.3) is 0 Å². The van der Waals surface area contributed by atoms with Crippen LogP contribution in [0.4, 0.5) is 5.69 Å². The normalized spacial score (nSPS) is 11.5. The van der Waals surface area contributed by atoms with Gasteiger partial charge in [0, 0.05) is 11.6 Å². The summed E-state index contributed by atoms with van der Waals surface area (Å²) in [6.07, 6.45) is -1.12. The molecular formula is C19H18Cl3NO5.